The van der Waals surface area contributed by atoms with E-state index >= 15 is 0 Å². The number of hydrogen-bond donors (Lipinski definition) is 2. The summed E-state index contributed by atoms with van der Waals surface area (Å²) in [5.41, 5.74) is 0.791. The summed E-state index contributed by atoms with van der Waals surface area (Å²) in [6.45, 7) is 4.46. The number of aliphatic imine (C=N–C) groups is 1. The van der Waals surface area contributed by atoms with Crippen LogP contribution in [-0.2, 0) is 6.54 Å². The second kappa shape index (κ2) is 8.90. The maximum absolute atomic E-state index is 12.1. The zero-order valence-corrected chi connectivity index (χ0v) is 11.4. The highest BCUT2D eigenvalue weighted by Gasteiger charge is 2.04. The minimum atomic E-state index is -2.82. The maximum Gasteiger partial charge on any atom is 0.387 e. The van der Waals surface area contributed by atoms with Gasteiger partial charge in [0.15, 0.2) is 5.96 Å². The molecule has 0 saturated carbocycles. The highest BCUT2D eigenvalue weighted by Crippen LogP contribution is 2.16. The van der Waals surface area contributed by atoms with Crippen molar-refractivity contribution in [3.05, 3.63) is 42.5 Å². The molecule has 110 valence electrons. The molecule has 2 N–H and O–H groups in total. The van der Waals surface area contributed by atoms with Crippen molar-refractivity contribution >= 4 is 5.96 Å². The van der Waals surface area contributed by atoms with E-state index in [1.165, 1.54) is 6.07 Å². The lowest BCUT2D eigenvalue weighted by molar-refractivity contribution is -0.0498. The quantitative estimate of drug-likeness (QED) is 0.459. The lowest BCUT2D eigenvalue weighted by atomic mass is 10.2. The topological polar surface area (TPSA) is 45.7 Å². The number of nitrogens with zero attached hydrogens (tertiary/aromatic N) is 1. The number of hydrogen-bond acceptors (Lipinski definition) is 2. The van der Waals surface area contributed by atoms with Crippen LogP contribution in [-0.4, -0.2) is 25.7 Å². The molecule has 0 heterocycles. The van der Waals surface area contributed by atoms with Gasteiger partial charge in [-0.1, -0.05) is 18.2 Å². The van der Waals surface area contributed by atoms with Gasteiger partial charge in [-0.15, -0.1) is 6.58 Å². The number of nitrogens with one attached hydrogen (secondary N) is 2. The Hall–Kier alpha value is -2.11. The molecule has 0 aliphatic heterocycles. The fraction of sp³-hybridized carbons (Fsp3) is 0.357. The lowest BCUT2D eigenvalue weighted by Crippen LogP contribution is -2.37. The number of rotatable bonds is 7. The Kier molecular flexibility index (Phi) is 7.10. The summed E-state index contributed by atoms with van der Waals surface area (Å²) in [7, 11) is 0. The Morgan fingerprint density at radius 3 is 2.90 bits per heavy atom. The van der Waals surface area contributed by atoms with Crippen LogP contribution in [0.15, 0.2) is 41.9 Å². The van der Waals surface area contributed by atoms with Crippen LogP contribution in [0, 0.1) is 0 Å². The molecule has 0 bridgehead atoms. The number of benzene rings is 1. The van der Waals surface area contributed by atoms with Crippen molar-refractivity contribution in [3.63, 3.8) is 0 Å². The predicted octanol–water partition coefficient (Wildman–Crippen LogP) is 2.53. The monoisotopic (exact) mass is 283 g/mol. The summed E-state index contributed by atoms with van der Waals surface area (Å²) < 4.78 is 28.6. The van der Waals surface area contributed by atoms with Crippen molar-refractivity contribution in [2.75, 3.05) is 13.1 Å². The Bertz CT molecular complexity index is 450. The number of halogens is 2. The van der Waals surface area contributed by atoms with Crippen molar-refractivity contribution in [1.82, 2.24) is 10.6 Å². The minimum Gasteiger partial charge on any atom is -0.435 e. The summed E-state index contributed by atoms with van der Waals surface area (Å²) in [5, 5.41) is 6.13. The van der Waals surface area contributed by atoms with Crippen LogP contribution in [0.25, 0.3) is 0 Å². The first-order chi connectivity index (χ1) is 9.65. The Labute approximate surface area is 117 Å². The minimum absolute atomic E-state index is 0.136. The van der Waals surface area contributed by atoms with Gasteiger partial charge in [-0.05, 0) is 24.6 Å². The van der Waals surface area contributed by atoms with E-state index in [1.54, 1.807) is 24.3 Å². The molecule has 1 aromatic rings. The van der Waals surface area contributed by atoms with E-state index in [0.717, 1.165) is 12.1 Å². The molecule has 0 aromatic heterocycles. The number of alkyl halides is 2. The van der Waals surface area contributed by atoms with Crippen LogP contribution >= 0.6 is 0 Å². The van der Waals surface area contributed by atoms with E-state index in [-0.39, 0.29) is 5.75 Å². The third-order valence-corrected chi connectivity index (χ3v) is 2.30. The molecule has 0 aliphatic carbocycles. The second-order valence-electron chi connectivity index (χ2n) is 3.89. The molecular formula is C14H19F2N3O. The highest BCUT2D eigenvalue weighted by atomic mass is 19.3. The van der Waals surface area contributed by atoms with Crippen LogP contribution in [0.1, 0.15) is 12.5 Å². The van der Waals surface area contributed by atoms with Gasteiger partial charge < -0.3 is 15.4 Å². The molecule has 0 amide bonds. The van der Waals surface area contributed by atoms with E-state index < -0.39 is 6.61 Å². The van der Waals surface area contributed by atoms with Crippen LogP contribution in [0.3, 0.4) is 0 Å². The zero-order chi connectivity index (χ0) is 14.8. The normalized spacial score (nSPS) is 11.3. The number of ether oxygens (including phenoxy) is 1. The molecule has 0 fully saturated rings. The fourth-order valence-corrected chi connectivity index (χ4v) is 1.50. The van der Waals surface area contributed by atoms with Gasteiger partial charge in [-0.2, -0.15) is 8.78 Å². The van der Waals surface area contributed by atoms with Gasteiger partial charge in [0.25, 0.3) is 0 Å². The van der Waals surface area contributed by atoms with Crippen molar-refractivity contribution in [2.45, 2.75) is 20.1 Å². The average Bonchev–Trinajstić information content (AvgIpc) is 2.41. The van der Waals surface area contributed by atoms with Crippen LogP contribution < -0.4 is 15.4 Å². The molecule has 0 saturated heterocycles. The SMILES string of the molecule is C=CCNC(=NCc1cccc(OC(F)F)c1)NCC. The molecule has 0 aliphatic rings. The molecule has 0 unspecified atom stereocenters. The smallest absolute Gasteiger partial charge is 0.387 e. The van der Waals surface area contributed by atoms with Gasteiger partial charge >= 0.3 is 6.61 Å². The molecule has 0 radical (unpaired) electrons. The predicted molar refractivity (Wildman–Crippen MR) is 76.1 cm³/mol. The van der Waals surface area contributed by atoms with E-state index in [2.05, 4.69) is 26.9 Å². The average molecular weight is 283 g/mol. The molecule has 6 heteroatoms. The van der Waals surface area contributed by atoms with E-state index in [4.69, 9.17) is 0 Å². The fourth-order valence-electron chi connectivity index (χ4n) is 1.50. The Morgan fingerprint density at radius 1 is 1.45 bits per heavy atom. The van der Waals surface area contributed by atoms with Crippen LogP contribution in [0.5, 0.6) is 5.75 Å². The first kappa shape index (κ1) is 15.9. The van der Waals surface area contributed by atoms with Gasteiger partial charge in [0.1, 0.15) is 5.75 Å². The molecule has 1 rings (SSSR count). The van der Waals surface area contributed by atoms with Crippen molar-refractivity contribution in [1.29, 1.82) is 0 Å². The van der Waals surface area contributed by atoms with Gasteiger partial charge in [0.05, 0.1) is 6.54 Å². The molecule has 4 nitrogen and oxygen atoms in total. The Morgan fingerprint density at radius 2 is 2.25 bits per heavy atom. The molecule has 20 heavy (non-hydrogen) atoms. The third-order valence-electron chi connectivity index (χ3n) is 2.30. The van der Waals surface area contributed by atoms with E-state index in [1.807, 2.05) is 6.92 Å². The van der Waals surface area contributed by atoms with Crippen molar-refractivity contribution < 1.29 is 13.5 Å². The van der Waals surface area contributed by atoms with Gasteiger partial charge in [-0.25, -0.2) is 4.99 Å². The molecule has 0 spiro atoms. The Balaban J connectivity index is 2.67. The summed E-state index contributed by atoms with van der Waals surface area (Å²) in [4.78, 5) is 4.35. The summed E-state index contributed by atoms with van der Waals surface area (Å²) in [6.07, 6.45) is 1.73. The van der Waals surface area contributed by atoms with Crippen molar-refractivity contribution in [2.24, 2.45) is 4.99 Å². The second-order valence-corrected chi connectivity index (χ2v) is 3.89. The van der Waals surface area contributed by atoms with E-state index in [0.29, 0.717) is 19.0 Å². The highest BCUT2D eigenvalue weighted by molar-refractivity contribution is 5.79. The zero-order valence-electron chi connectivity index (χ0n) is 11.4. The molecule has 1 aromatic carbocycles. The molecule has 0 atom stereocenters. The lowest BCUT2D eigenvalue weighted by Gasteiger charge is -2.10. The molecular weight excluding hydrogens is 264 g/mol. The summed E-state index contributed by atoms with van der Waals surface area (Å²) in [5.74, 6) is 0.782. The first-order valence-electron chi connectivity index (χ1n) is 6.32. The van der Waals surface area contributed by atoms with Gasteiger partial charge in [0, 0.05) is 13.1 Å². The van der Waals surface area contributed by atoms with Crippen LogP contribution in [0.2, 0.25) is 0 Å². The van der Waals surface area contributed by atoms with Gasteiger partial charge in [0.2, 0.25) is 0 Å². The standard InChI is InChI=1S/C14H19F2N3O/c1-3-8-18-14(17-4-2)19-10-11-6-5-7-12(9-11)20-13(15)16/h3,5-7,9,13H,1,4,8,10H2,2H3,(H2,17,18,19). The van der Waals surface area contributed by atoms with E-state index in [9.17, 15) is 8.78 Å². The first-order valence-corrected chi connectivity index (χ1v) is 6.32. The third kappa shape index (κ3) is 6.17. The van der Waals surface area contributed by atoms with Crippen LogP contribution in [0.4, 0.5) is 8.78 Å². The largest absolute Gasteiger partial charge is 0.435 e. The number of guanidine groups is 1. The van der Waals surface area contributed by atoms with Crippen molar-refractivity contribution in [3.8, 4) is 5.75 Å². The maximum atomic E-state index is 12.1. The van der Waals surface area contributed by atoms with Gasteiger partial charge in [-0.3, -0.25) is 0 Å². The summed E-state index contributed by atoms with van der Waals surface area (Å²) >= 11 is 0. The summed E-state index contributed by atoms with van der Waals surface area (Å²) in [6, 6.07) is 6.50.